The van der Waals surface area contributed by atoms with Crippen LogP contribution < -0.4 is 16.4 Å². The van der Waals surface area contributed by atoms with Crippen molar-refractivity contribution in [1.82, 2.24) is 10.6 Å². The number of aryl methyl sites for hydroxylation is 1. The zero-order valence-electron chi connectivity index (χ0n) is 18.5. The summed E-state index contributed by atoms with van der Waals surface area (Å²) in [5.41, 5.74) is 10.6. The van der Waals surface area contributed by atoms with Crippen LogP contribution in [-0.4, -0.2) is 17.9 Å². The summed E-state index contributed by atoms with van der Waals surface area (Å²) in [5, 5.41) is 5.87. The first-order chi connectivity index (χ1) is 15.5. The second-order valence-electron chi connectivity index (χ2n) is 8.01. The van der Waals surface area contributed by atoms with Crippen LogP contribution in [0.1, 0.15) is 35.6 Å². The Hall–Kier alpha value is -3.60. The van der Waals surface area contributed by atoms with Gasteiger partial charge >= 0.3 is 0 Å². The zero-order valence-corrected chi connectivity index (χ0v) is 18.5. The Kier molecular flexibility index (Phi) is 8.44. The lowest BCUT2D eigenvalue weighted by molar-refractivity contribution is -0.128. The van der Waals surface area contributed by atoms with Crippen LogP contribution in [0.15, 0.2) is 78.9 Å². The van der Waals surface area contributed by atoms with Crippen molar-refractivity contribution in [1.29, 1.82) is 0 Å². The quantitative estimate of drug-likeness (QED) is 0.429. The number of nitrogens with one attached hydrogen (secondary N) is 2. The Morgan fingerprint density at radius 3 is 2.09 bits per heavy atom. The summed E-state index contributed by atoms with van der Waals surface area (Å²) in [4.78, 5) is 25.7. The summed E-state index contributed by atoms with van der Waals surface area (Å²) < 4.78 is 0. The van der Waals surface area contributed by atoms with Crippen LogP contribution in [0.2, 0.25) is 0 Å². The molecule has 3 aromatic carbocycles. The van der Waals surface area contributed by atoms with Gasteiger partial charge in [-0.2, -0.15) is 0 Å². The van der Waals surface area contributed by atoms with Crippen molar-refractivity contribution < 1.29 is 9.59 Å². The van der Waals surface area contributed by atoms with Crippen LogP contribution in [0.3, 0.4) is 0 Å². The lowest BCUT2D eigenvalue weighted by atomic mass is 10.0. The van der Waals surface area contributed by atoms with Crippen LogP contribution in [0.5, 0.6) is 0 Å². The maximum atomic E-state index is 12.9. The largest absolute Gasteiger partial charge is 0.399 e. The SMILES string of the molecule is CCCc1ccc(CC(=O)NC(Cc2ccc(N)cc2)C(=O)NCc2ccccc2)cc1. The van der Waals surface area contributed by atoms with Gasteiger partial charge in [-0.15, -0.1) is 0 Å². The van der Waals surface area contributed by atoms with E-state index >= 15 is 0 Å². The highest BCUT2D eigenvalue weighted by Crippen LogP contribution is 2.10. The van der Waals surface area contributed by atoms with Gasteiger partial charge in [0.05, 0.1) is 6.42 Å². The number of rotatable bonds is 10. The van der Waals surface area contributed by atoms with E-state index in [0.29, 0.717) is 18.7 Å². The highest BCUT2D eigenvalue weighted by Gasteiger charge is 2.21. The van der Waals surface area contributed by atoms with Gasteiger partial charge in [-0.1, -0.05) is 80.1 Å². The molecule has 3 rings (SSSR count). The van der Waals surface area contributed by atoms with Crippen LogP contribution in [0.25, 0.3) is 0 Å². The lowest BCUT2D eigenvalue weighted by Crippen LogP contribution is -2.48. The molecule has 0 heterocycles. The van der Waals surface area contributed by atoms with Crippen LogP contribution in [0, 0.1) is 0 Å². The molecular formula is C27H31N3O2. The summed E-state index contributed by atoms with van der Waals surface area (Å²) in [6.07, 6.45) is 2.74. The number of hydrogen-bond donors (Lipinski definition) is 3. The number of nitrogens with two attached hydrogens (primary N) is 1. The number of hydrogen-bond acceptors (Lipinski definition) is 3. The molecule has 32 heavy (non-hydrogen) atoms. The fourth-order valence-electron chi connectivity index (χ4n) is 3.55. The van der Waals surface area contributed by atoms with Gasteiger partial charge in [0.1, 0.15) is 6.04 Å². The van der Waals surface area contributed by atoms with Crippen LogP contribution >= 0.6 is 0 Å². The summed E-state index contributed by atoms with van der Waals surface area (Å²) in [6, 6.07) is 24.5. The number of anilines is 1. The maximum Gasteiger partial charge on any atom is 0.243 e. The van der Waals surface area contributed by atoms with Crippen molar-refractivity contribution in [2.45, 2.75) is 45.2 Å². The molecule has 0 saturated heterocycles. The van der Waals surface area contributed by atoms with Crippen molar-refractivity contribution in [2.75, 3.05) is 5.73 Å². The number of amides is 2. The fourth-order valence-corrected chi connectivity index (χ4v) is 3.55. The highest BCUT2D eigenvalue weighted by atomic mass is 16.2. The zero-order chi connectivity index (χ0) is 22.8. The molecule has 0 aliphatic rings. The number of nitrogen functional groups attached to an aromatic ring is 1. The van der Waals surface area contributed by atoms with E-state index in [-0.39, 0.29) is 18.2 Å². The minimum absolute atomic E-state index is 0.177. The average Bonchev–Trinajstić information content (AvgIpc) is 2.80. The Labute approximate surface area is 190 Å². The van der Waals surface area contributed by atoms with Crippen molar-refractivity contribution in [2.24, 2.45) is 0 Å². The predicted octanol–water partition coefficient (Wildman–Crippen LogP) is 3.81. The van der Waals surface area contributed by atoms with E-state index in [0.717, 1.165) is 29.5 Å². The van der Waals surface area contributed by atoms with Crippen molar-refractivity contribution in [3.05, 3.63) is 101 Å². The average molecular weight is 430 g/mol. The molecule has 0 fully saturated rings. The molecule has 0 aromatic heterocycles. The minimum Gasteiger partial charge on any atom is -0.399 e. The topological polar surface area (TPSA) is 84.2 Å². The van der Waals surface area contributed by atoms with Gasteiger partial charge in [-0.05, 0) is 40.8 Å². The Morgan fingerprint density at radius 1 is 0.812 bits per heavy atom. The minimum atomic E-state index is -0.672. The van der Waals surface area contributed by atoms with Gasteiger partial charge in [-0.25, -0.2) is 0 Å². The van der Waals surface area contributed by atoms with Gasteiger partial charge in [-0.3, -0.25) is 9.59 Å². The third-order valence-electron chi connectivity index (χ3n) is 5.31. The van der Waals surface area contributed by atoms with Crippen molar-refractivity contribution in [3.8, 4) is 0 Å². The van der Waals surface area contributed by atoms with Crippen LogP contribution in [-0.2, 0) is 35.4 Å². The molecular weight excluding hydrogens is 398 g/mol. The lowest BCUT2D eigenvalue weighted by Gasteiger charge is -2.19. The van der Waals surface area contributed by atoms with E-state index in [1.165, 1.54) is 5.56 Å². The first-order valence-electron chi connectivity index (χ1n) is 11.1. The normalized spacial score (nSPS) is 11.5. The first-order valence-corrected chi connectivity index (χ1v) is 11.1. The number of carbonyl (C=O) groups is 2. The molecule has 1 unspecified atom stereocenters. The second-order valence-corrected chi connectivity index (χ2v) is 8.01. The van der Waals surface area contributed by atoms with Crippen molar-refractivity contribution in [3.63, 3.8) is 0 Å². The Balaban J connectivity index is 1.65. The summed E-state index contributed by atoms with van der Waals surface area (Å²) in [6.45, 7) is 2.55. The van der Waals surface area contributed by atoms with Gasteiger partial charge < -0.3 is 16.4 Å². The standard InChI is InChI=1S/C27H31N3O2/c1-2-6-20-9-11-22(12-10-20)18-26(31)30-25(17-21-13-15-24(28)16-14-21)27(32)29-19-23-7-4-3-5-8-23/h3-5,7-16,25H,2,6,17-19,28H2,1H3,(H,29,32)(H,30,31). The molecule has 0 aliphatic carbocycles. The molecule has 0 radical (unpaired) electrons. The van der Waals surface area contributed by atoms with E-state index < -0.39 is 6.04 Å². The summed E-state index contributed by atoms with van der Waals surface area (Å²) in [5.74, 6) is -0.388. The molecule has 0 bridgehead atoms. The smallest absolute Gasteiger partial charge is 0.243 e. The summed E-state index contributed by atoms with van der Waals surface area (Å²) >= 11 is 0. The van der Waals surface area contributed by atoms with Gasteiger partial charge in [0.15, 0.2) is 0 Å². The second kappa shape index (κ2) is 11.7. The molecule has 2 amide bonds. The molecule has 0 saturated carbocycles. The monoisotopic (exact) mass is 429 g/mol. The van der Waals surface area contributed by atoms with E-state index in [4.69, 9.17) is 5.73 Å². The number of benzene rings is 3. The molecule has 5 nitrogen and oxygen atoms in total. The van der Waals surface area contributed by atoms with Gasteiger partial charge in [0.2, 0.25) is 11.8 Å². The Morgan fingerprint density at radius 2 is 1.44 bits per heavy atom. The molecule has 0 aliphatic heterocycles. The molecule has 166 valence electrons. The Bertz CT molecular complexity index is 999. The van der Waals surface area contributed by atoms with E-state index in [9.17, 15) is 9.59 Å². The number of carbonyl (C=O) groups excluding carboxylic acids is 2. The molecule has 0 spiro atoms. The molecule has 1 atom stereocenters. The predicted molar refractivity (Wildman–Crippen MR) is 129 cm³/mol. The van der Waals surface area contributed by atoms with Crippen LogP contribution in [0.4, 0.5) is 5.69 Å². The third-order valence-corrected chi connectivity index (χ3v) is 5.31. The van der Waals surface area contributed by atoms with E-state index in [1.807, 2.05) is 54.6 Å². The molecule has 3 aromatic rings. The fraction of sp³-hybridized carbons (Fsp3) is 0.259. The van der Waals surface area contributed by atoms with Crippen molar-refractivity contribution >= 4 is 17.5 Å². The molecule has 4 N–H and O–H groups in total. The third kappa shape index (κ3) is 7.27. The van der Waals surface area contributed by atoms with Gasteiger partial charge in [0.25, 0.3) is 0 Å². The maximum absolute atomic E-state index is 12.9. The highest BCUT2D eigenvalue weighted by molar-refractivity contribution is 5.88. The summed E-state index contributed by atoms with van der Waals surface area (Å²) in [7, 11) is 0. The molecule has 5 heteroatoms. The van der Waals surface area contributed by atoms with E-state index in [1.54, 1.807) is 12.1 Å². The first kappa shape index (κ1) is 23.1. The van der Waals surface area contributed by atoms with E-state index in [2.05, 4.69) is 29.7 Å². The van der Waals surface area contributed by atoms with Gasteiger partial charge in [0, 0.05) is 18.7 Å².